The Morgan fingerprint density at radius 3 is 2.76 bits per heavy atom. The van der Waals surface area contributed by atoms with Crippen LogP contribution in [0.15, 0.2) is 40.7 Å². The van der Waals surface area contributed by atoms with Crippen LogP contribution in [0.1, 0.15) is 22.3 Å². The Labute approximate surface area is 128 Å². The Hall–Kier alpha value is -1.57. The molecule has 112 valence electrons. The number of rotatable bonds is 6. The molecule has 1 aromatic heterocycles. The van der Waals surface area contributed by atoms with Gasteiger partial charge in [-0.1, -0.05) is 12.1 Å². The van der Waals surface area contributed by atoms with Crippen LogP contribution in [0, 0.1) is 0 Å². The number of thiazole rings is 1. The van der Waals surface area contributed by atoms with Crippen LogP contribution >= 0.6 is 11.3 Å². The van der Waals surface area contributed by atoms with Gasteiger partial charge in [-0.2, -0.15) is 0 Å². The zero-order valence-electron chi connectivity index (χ0n) is 11.8. The summed E-state index contributed by atoms with van der Waals surface area (Å²) in [7, 11) is -2.06. The molecule has 0 unspecified atom stereocenters. The summed E-state index contributed by atoms with van der Waals surface area (Å²) in [5.74, 6) is -0.155. The monoisotopic (exact) mass is 324 g/mol. The number of hydrogen-bond acceptors (Lipinski definition) is 5. The topological polar surface area (TPSA) is 67.3 Å². The highest BCUT2D eigenvalue weighted by atomic mass is 32.2. The molecular weight excluding hydrogens is 308 g/mol. The molecule has 0 aliphatic rings. The van der Waals surface area contributed by atoms with Crippen molar-refractivity contribution in [1.82, 2.24) is 9.29 Å². The second-order valence-corrected chi connectivity index (χ2v) is 7.61. The zero-order chi connectivity index (χ0) is 15.5. The lowest BCUT2D eigenvalue weighted by atomic mass is 10.2. The van der Waals surface area contributed by atoms with Crippen LogP contribution in [0.4, 0.5) is 0 Å². The summed E-state index contributed by atoms with van der Waals surface area (Å²) in [5.41, 5.74) is 0.393. The van der Waals surface area contributed by atoms with Crippen molar-refractivity contribution in [2.24, 2.45) is 0 Å². The van der Waals surface area contributed by atoms with Crippen molar-refractivity contribution in [2.75, 3.05) is 13.6 Å². The van der Waals surface area contributed by atoms with Gasteiger partial charge >= 0.3 is 0 Å². The highest BCUT2D eigenvalue weighted by Crippen LogP contribution is 2.17. The molecule has 0 saturated heterocycles. The molecule has 0 spiro atoms. The van der Waals surface area contributed by atoms with E-state index >= 15 is 0 Å². The predicted octanol–water partition coefficient (Wildman–Crippen LogP) is 2.21. The maximum absolute atomic E-state index is 12.5. The van der Waals surface area contributed by atoms with E-state index in [-0.39, 0.29) is 10.7 Å². The highest BCUT2D eigenvalue weighted by molar-refractivity contribution is 7.89. The first kappa shape index (κ1) is 15.8. The Morgan fingerprint density at radius 2 is 2.14 bits per heavy atom. The lowest BCUT2D eigenvalue weighted by molar-refractivity contribution is 0.101. The molecule has 0 bridgehead atoms. The van der Waals surface area contributed by atoms with Gasteiger partial charge in [-0.15, -0.1) is 11.3 Å². The molecule has 0 N–H and O–H groups in total. The van der Waals surface area contributed by atoms with Gasteiger partial charge in [0.05, 0.1) is 9.90 Å². The van der Waals surface area contributed by atoms with Crippen molar-refractivity contribution in [1.29, 1.82) is 0 Å². The molecule has 7 heteroatoms. The Balaban J connectivity index is 2.16. The van der Waals surface area contributed by atoms with Crippen LogP contribution in [-0.2, 0) is 16.4 Å². The Bertz CT molecular complexity index is 724. The summed E-state index contributed by atoms with van der Waals surface area (Å²) in [6, 6.07) is 6.11. The fraction of sp³-hybridized carbons (Fsp3) is 0.286. The van der Waals surface area contributed by atoms with E-state index in [0.717, 1.165) is 5.01 Å². The van der Waals surface area contributed by atoms with E-state index in [4.69, 9.17) is 0 Å². The molecule has 21 heavy (non-hydrogen) atoms. The average Bonchev–Trinajstić information content (AvgIpc) is 2.98. The molecular formula is C14H16N2O3S2. The van der Waals surface area contributed by atoms with Gasteiger partial charge in [0, 0.05) is 37.2 Å². The van der Waals surface area contributed by atoms with Crippen LogP contribution < -0.4 is 0 Å². The van der Waals surface area contributed by atoms with Crippen molar-refractivity contribution in [2.45, 2.75) is 18.2 Å². The number of hydrogen-bond donors (Lipinski definition) is 0. The van der Waals surface area contributed by atoms with Gasteiger partial charge in [0.2, 0.25) is 10.0 Å². The van der Waals surface area contributed by atoms with Crippen molar-refractivity contribution in [3.05, 3.63) is 46.4 Å². The number of ketones is 1. The average molecular weight is 324 g/mol. The molecule has 2 aromatic rings. The van der Waals surface area contributed by atoms with E-state index in [1.54, 1.807) is 18.3 Å². The molecule has 0 radical (unpaired) electrons. The number of carbonyl (C=O) groups excluding carboxylic acids is 1. The first-order valence-electron chi connectivity index (χ1n) is 6.37. The molecule has 0 amide bonds. The van der Waals surface area contributed by atoms with Crippen molar-refractivity contribution >= 4 is 27.1 Å². The van der Waals surface area contributed by atoms with Crippen LogP contribution in [-0.4, -0.2) is 37.1 Å². The summed E-state index contributed by atoms with van der Waals surface area (Å²) >= 11 is 1.50. The molecule has 0 saturated carbocycles. The lowest BCUT2D eigenvalue weighted by Crippen LogP contribution is -2.29. The fourth-order valence-corrected chi connectivity index (χ4v) is 3.63. The first-order chi connectivity index (χ1) is 9.91. The number of aromatic nitrogens is 1. The van der Waals surface area contributed by atoms with Crippen LogP contribution in [0.5, 0.6) is 0 Å². The number of likely N-dealkylation sites (N-methyl/N-ethyl adjacent to an activating group) is 1. The minimum absolute atomic E-state index is 0.136. The molecule has 0 atom stereocenters. The van der Waals surface area contributed by atoms with Gasteiger partial charge in [0.25, 0.3) is 0 Å². The number of Topliss-reactive ketones (excluding diaryl/α,β-unsaturated/α-hetero) is 1. The molecule has 5 nitrogen and oxygen atoms in total. The van der Waals surface area contributed by atoms with Crippen molar-refractivity contribution < 1.29 is 13.2 Å². The van der Waals surface area contributed by atoms with Gasteiger partial charge in [-0.25, -0.2) is 17.7 Å². The van der Waals surface area contributed by atoms with E-state index in [9.17, 15) is 13.2 Å². The highest BCUT2D eigenvalue weighted by Gasteiger charge is 2.21. The second kappa shape index (κ2) is 6.46. The third-order valence-corrected chi connectivity index (χ3v) is 5.77. The Kier molecular flexibility index (Phi) is 4.87. The van der Waals surface area contributed by atoms with Crippen molar-refractivity contribution in [3.63, 3.8) is 0 Å². The normalized spacial score (nSPS) is 11.8. The predicted molar refractivity (Wildman–Crippen MR) is 82.1 cm³/mol. The fourth-order valence-electron chi connectivity index (χ4n) is 1.81. The van der Waals surface area contributed by atoms with Crippen LogP contribution in [0.2, 0.25) is 0 Å². The number of benzene rings is 1. The summed E-state index contributed by atoms with van der Waals surface area (Å²) in [4.78, 5) is 15.6. The van der Waals surface area contributed by atoms with E-state index in [1.807, 2.05) is 5.38 Å². The molecule has 0 aliphatic heterocycles. The molecule has 2 rings (SSSR count). The lowest BCUT2D eigenvalue weighted by Gasteiger charge is -2.16. The Morgan fingerprint density at radius 1 is 1.38 bits per heavy atom. The first-order valence-corrected chi connectivity index (χ1v) is 8.69. The summed E-state index contributed by atoms with van der Waals surface area (Å²) < 4.78 is 26.2. The van der Waals surface area contributed by atoms with Crippen LogP contribution in [0.25, 0.3) is 0 Å². The molecule has 1 aromatic carbocycles. The van der Waals surface area contributed by atoms with Gasteiger partial charge < -0.3 is 0 Å². The second-order valence-electron chi connectivity index (χ2n) is 4.59. The number of sulfonamides is 1. The third kappa shape index (κ3) is 3.75. The summed E-state index contributed by atoms with van der Waals surface area (Å²) in [6.45, 7) is 1.76. The molecule has 1 heterocycles. The van der Waals surface area contributed by atoms with E-state index in [2.05, 4.69) is 4.98 Å². The van der Waals surface area contributed by atoms with Gasteiger partial charge in [0.1, 0.15) is 0 Å². The van der Waals surface area contributed by atoms with Gasteiger partial charge in [-0.05, 0) is 19.1 Å². The zero-order valence-corrected chi connectivity index (χ0v) is 13.4. The largest absolute Gasteiger partial charge is 0.295 e. The quantitative estimate of drug-likeness (QED) is 0.764. The number of nitrogens with zero attached hydrogens (tertiary/aromatic N) is 2. The van der Waals surface area contributed by atoms with E-state index in [0.29, 0.717) is 18.5 Å². The maximum Gasteiger partial charge on any atom is 0.242 e. The SMILES string of the molecule is CC(=O)c1cccc(S(=O)(=O)N(C)CCc2nccs2)c1. The number of carbonyl (C=O) groups is 1. The smallest absolute Gasteiger partial charge is 0.242 e. The minimum Gasteiger partial charge on any atom is -0.295 e. The summed E-state index contributed by atoms with van der Waals surface area (Å²) in [5, 5.41) is 2.76. The third-order valence-electron chi connectivity index (χ3n) is 3.07. The maximum atomic E-state index is 12.5. The van der Waals surface area contributed by atoms with E-state index < -0.39 is 10.0 Å². The van der Waals surface area contributed by atoms with E-state index in [1.165, 1.54) is 41.7 Å². The van der Waals surface area contributed by atoms with Gasteiger partial charge in [0.15, 0.2) is 5.78 Å². The van der Waals surface area contributed by atoms with Crippen molar-refractivity contribution in [3.8, 4) is 0 Å². The molecule has 0 fully saturated rings. The van der Waals surface area contributed by atoms with Gasteiger partial charge in [-0.3, -0.25) is 4.79 Å². The minimum atomic E-state index is -3.59. The molecule has 0 aliphatic carbocycles. The standard InChI is InChI=1S/C14H16N2O3S2/c1-11(17)12-4-3-5-13(10-12)21(18,19)16(2)8-6-14-15-7-9-20-14/h3-5,7,9-10H,6,8H2,1-2H3. The van der Waals surface area contributed by atoms with Crippen LogP contribution in [0.3, 0.4) is 0 Å². The summed E-state index contributed by atoms with van der Waals surface area (Å²) in [6.07, 6.45) is 2.27.